The second-order valence-corrected chi connectivity index (χ2v) is 5.04. The molecule has 2 aromatic carbocycles. The molecule has 4 nitrogen and oxygen atoms in total. The van der Waals surface area contributed by atoms with Gasteiger partial charge in [-0.25, -0.2) is 0 Å². The van der Waals surface area contributed by atoms with Gasteiger partial charge >= 0.3 is 0 Å². The minimum absolute atomic E-state index is 0.0447. The van der Waals surface area contributed by atoms with Crippen molar-refractivity contribution in [1.82, 2.24) is 5.32 Å². The van der Waals surface area contributed by atoms with Crippen LogP contribution in [0.1, 0.15) is 21.5 Å². The van der Waals surface area contributed by atoms with Crippen molar-refractivity contribution in [3.8, 4) is 5.75 Å². The second kappa shape index (κ2) is 7.94. The molecule has 1 amide bonds. The summed E-state index contributed by atoms with van der Waals surface area (Å²) in [6.07, 6.45) is 3.37. The van der Waals surface area contributed by atoms with Crippen LogP contribution in [-0.4, -0.2) is 25.3 Å². The molecule has 0 radical (unpaired) electrons. The molecule has 0 atom stereocenters. The average molecular weight is 309 g/mol. The quantitative estimate of drug-likeness (QED) is 0.659. The predicted molar refractivity (Wildman–Crippen MR) is 90.5 cm³/mol. The van der Waals surface area contributed by atoms with Gasteiger partial charge in [-0.1, -0.05) is 30.3 Å². The van der Waals surface area contributed by atoms with Crippen LogP contribution >= 0.6 is 0 Å². The number of amides is 1. The number of aryl methyl sites for hydroxylation is 1. The maximum absolute atomic E-state index is 12.2. The predicted octanol–water partition coefficient (Wildman–Crippen LogP) is 3.02. The third-order valence-corrected chi connectivity index (χ3v) is 3.39. The maximum Gasteiger partial charge on any atom is 0.257 e. The highest BCUT2D eigenvalue weighted by molar-refractivity contribution is 6.06. The zero-order valence-electron chi connectivity index (χ0n) is 13.2. The Kier molecular flexibility index (Phi) is 5.69. The van der Waals surface area contributed by atoms with Gasteiger partial charge in [-0.05, 0) is 48.4 Å². The summed E-state index contributed by atoms with van der Waals surface area (Å²) in [5.74, 6) is 0.269. The zero-order chi connectivity index (χ0) is 16.7. The highest BCUT2D eigenvalue weighted by Crippen LogP contribution is 2.14. The molecule has 0 fully saturated rings. The van der Waals surface area contributed by atoms with Crippen LogP contribution < -0.4 is 10.1 Å². The lowest BCUT2D eigenvalue weighted by molar-refractivity contribution is -0.122. The number of ether oxygens (including phenoxy) is 1. The molecule has 23 heavy (non-hydrogen) atoms. The molecule has 0 bridgehead atoms. The van der Waals surface area contributed by atoms with Crippen LogP contribution in [0.2, 0.25) is 0 Å². The topological polar surface area (TPSA) is 55.4 Å². The van der Waals surface area contributed by atoms with Crippen molar-refractivity contribution in [2.75, 3.05) is 13.7 Å². The van der Waals surface area contributed by atoms with E-state index in [-0.39, 0.29) is 18.3 Å². The normalized spacial score (nSPS) is 10.5. The molecule has 2 rings (SSSR count). The number of hydrogen-bond donors (Lipinski definition) is 1. The van der Waals surface area contributed by atoms with E-state index in [2.05, 4.69) is 5.32 Å². The maximum atomic E-state index is 12.2. The van der Waals surface area contributed by atoms with Crippen LogP contribution in [0.15, 0.2) is 54.6 Å². The number of carbonyl (C=O) groups is 2. The Morgan fingerprint density at radius 3 is 2.43 bits per heavy atom. The van der Waals surface area contributed by atoms with Crippen LogP contribution in [0.3, 0.4) is 0 Å². The van der Waals surface area contributed by atoms with Crippen molar-refractivity contribution in [3.05, 3.63) is 71.3 Å². The summed E-state index contributed by atoms with van der Waals surface area (Å²) in [5, 5.41) is 2.47. The van der Waals surface area contributed by atoms with Crippen LogP contribution in [0.5, 0.6) is 5.75 Å². The van der Waals surface area contributed by atoms with Gasteiger partial charge < -0.3 is 10.1 Å². The number of rotatable bonds is 6. The van der Waals surface area contributed by atoms with E-state index in [0.29, 0.717) is 11.3 Å². The summed E-state index contributed by atoms with van der Waals surface area (Å²) < 4.78 is 5.30. The highest BCUT2D eigenvalue weighted by Gasteiger charge is 2.04. The molecule has 0 aliphatic carbocycles. The Morgan fingerprint density at radius 1 is 1.09 bits per heavy atom. The van der Waals surface area contributed by atoms with Crippen LogP contribution in [0, 0.1) is 6.92 Å². The smallest absolute Gasteiger partial charge is 0.257 e. The average Bonchev–Trinajstić information content (AvgIpc) is 2.59. The fraction of sp³-hybridized carbons (Fsp3) is 0.158. The summed E-state index contributed by atoms with van der Waals surface area (Å²) >= 11 is 0. The van der Waals surface area contributed by atoms with E-state index < -0.39 is 0 Å². The molecule has 0 aromatic heterocycles. The molecular formula is C19H19NO3. The number of carbonyl (C=O) groups excluding carboxylic acids is 2. The monoisotopic (exact) mass is 309 g/mol. The summed E-state index contributed by atoms with van der Waals surface area (Å²) in [6.45, 7) is 1.96. The summed E-state index contributed by atoms with van der Waals surface area (Å²) in [6, 6.07) is 14.6. The number of likely N-dealkylation sites (N-methyl/N-ethyl adjacent to an activating group) is 1. The van der Waals surface area contributed by atoms with Gasteiger partial charge in [-0.3, -0.25) is 9.59 Å². The van der Waals surface area contributed by atoms with Gasteiger partial charge in [0.25, 0.3) is 5.91 Å². The molecule has 0 unspecified atom stereocenters. The number of nitrogens with one attached hydrogen (secondary N) is 1. The standard InChI is InChI=1S/C19H19NO3/c1-14-5-3-4-6-15(14)9-12-18(21)16-7-10-17(11-8-16)23-13-19(22)20-2/h3-12H,13H2,1-2H3,(H,20,22)/b12-9+. The van der Waals surface area contributed by atoms with Gasteiger partial charge in [0, 0.05) is 12.6 Å². The fourth-order valence-corrected chi connectivity index (χ4v) is 1.97. The van der Waals surface area contributed by atoms with E-state index in [1.807, 2.05) is 37.3 Å². The Morgan fingerprint density at radius 2 is 1.78 bits per heavy atom. The molecule has 118 valence electrons. The molecule has 0 heterocycles. The van der Waals surface area contributed by atoms with Crippen molar-refractivity contribution in [2.45, 2.75) is 6.92 Å². The number of allylic oxidation sites excluding steroid dienone is 1. The highest BCUT2D eigenvalue weighted by atomic mass is 16.5. The van der Waals surface area contributed by atoms with Gasteiger partial charge in [0.15, 0.2) is 12.4 Å². The van der Waals surface area contributed by atoms with Crippen LogP contribution in [-0.2, 0) is 4.79 Å². The minimum atomic E-state index is -0.202. The van der Waals surface area contributed by atoms with Crippen molar-refractivity contribution >= 4 is 17.8 Å². The number of hydrogen-bond acceptors (Lipinski definition) is 3. The first-order chi connectivity index (χ1) is 11.1. The molecule has 0 spiro atoms. The van der Waals surface area contributed by atoms with E-state index in [1.54, 1.807) is 37.4 Å². The van der Waals surface area contributed by atoms with Gasteiger partial charge in [-0.2, -0.15) is 0 Å². The van der Waals surface area contributed by atoms with Gasteiger partial charge in [0.2, 0.25) is 0 Å². The third-order valence-electron chi connectivity index (χ3n) is 3.39. The lowest BCUT2D eigenvalue weighted by atomic mass is 10.1. The van der Waals surface area contributed by atoms with Crippen molar-refractivity contribution in [2.24, 2.45) is 0 Å². The van der Waals surface area contributed by atoms with E-state index in [9.17, 15) is 9.59 Å². The van der Waals surface area contributed by atoms with Crippen LogP contribution in [0.4, 0.5) is 0 Å². The number of benzene rings is 2. The lowest BCUT2D eigenvalue weighted by Crippen LogP contribution is -2.24. The minimum Gasteiger partial charge on any atom is -0.484 e. The van der Waals surface area contributed by atoms with Gasteiger partial charge in [-0.15, -0.1) is 0 Å². The van der Waals surface area contributed by atoms with E-state index in [0.717, 1.165) is 11.1 Å². The van der Waals surface area contributed by atoms with Crippen molar-refractivity contribution in [3.63, 3.8) is 0 Å². The molecule has 0 aliphatic rings. The van der Waals surface area contributed by atoms with E-state index in [4.69, 9.17) is 4.74 Å². The molecule has 4 heteroatoms. The summed E-state index contributed by atoms with van der Waals surface area (Å²) in [5.41, 5.74) is 2.71. The first kappa shape index (κ1) is 16.5. The Balaban J connectivity index is 2.00. The van der Waals surface area contributed by atoms with E-state index in [1.165, 1.54) is 0 Å². The first-order valence-electron chi connectivity index (χ1n) is 7.31. The Labute approximate surface area is 135 Å². The Bertz CT molecular complexity index is 718. The summed E-state index contributed by atoms with van der Waals surface area (Å²) in [7, 11) is 1.55. The molecule has 1 N–H and O–H groups in total. The van der Waals surface area contributed by atoms with Crippen molar-refractivity contribution < 1.29 is 14.3 Å². The molecule has 2 aromatic rings. The summed E-state index contributed by atoms with van der Waals surface area (Å²) in [4.78, 5) is 23.3. The lowest BCUT2D eigenvalue weighted by Gasteiger charge is -2.05. The van der Waals surface area contributed by atoms with Gasteiger partial charge in [0.05, 0.1) is 0 Å². The van der Waals surface area contributed by atoms with Crippen molar-refractivity contribution in [1.29, 1.82) is 0 Å². The van der Waals surface area contributed by atoms with Crippen LogP contribution in [0.25, 0.3) is 6.08 Å². The Hall–Kier alpha value is -2.88. The fourth-order valence-electron chi connectivity index (χ4n) is 1.97. The molecule has 0 aliphatic heterocycles. The first-order valence-corrected chi connectivity index (χ1v) is 7.31. The SMILES string of the molecule is CNC(=O)COc1ccc(C(=O)/C=C/c2ccccc2C)cc1. The van der Waals surface area contributed by atoms with E-state index >= 15 is 0 Å². The zero-order valence-corrected chi connectivity index (χ0v) is 13.2. The molecule has 0 saturated heterocycles. The molecule has 0 saturated carbocycles. The largest absolute Gasteiger partial charge is 0.484 e. The molecular weight excluding hydrogens is 290 g/mol. The van der Waals surface area contributed by atoms with Gasteiger partial charge in [0.1, 0.15) is 5.75 Å². The number of ketones is 1. The third kappa shape index (κ3) is 4.81. The second-order valence-electron chi connectivity index (χ2n) is 5.04.